The lowest BCUT2D eigenvalue weighted by atomic mass is 10.2. The van der Waals surface area contributed by atoms with Gasteiger partial charge < -0.3 is 15.5 Å². The molecule has 0 saturated heterocycles. The van der Waals surface area contributed by atoms with Gasteiger partial charge in [0.2, 0.25) is 0 Å². The van der Waals surface area contributed by atoms with Crippen LogP contribution in [0, 0.1) is 0 Å². The molecule has 0 amide bonds. The van der Waals surface area contributed by atoms with Crippen LogP contribution in [0.1, 0.15) is 25.3 Å². The maximum Gasteiger partial charge on any atom is 0.191 e. The van der Waals surface area contributed by atoms with Crippen molar-refractivity contribution in [2.75, 3.05) is 45.2 Å². The number of hydrogen-bond acceptors (Lipinski definition) is 3. The molecule has 0 aromatic heterocycles. The van der Waals surface area contributed by atoms with Gasteiger partial charge in [-0.25, -0.2) is 0 Å². The highest BCUT2D eigenvalue weighted by Gasteiger charge is 2.01. The first-order valence-corrected chi connectivity index (χ1v) is 9.89. The fourth-order valence-electron chi connectivity index (χ4n) is 2.23. The second-order valence-corrected chi connectivity index (χ2v) is 6.60. The van der Waals surface area contributed by atoms with Crippen LogP contribution in [0.25, 0.3) is 0 Å². The minimum Gasteiger partial charge on any atom is -0.357 e. The molecule has 1 aromatic rings. The van der Waals surface area contributed by atoms with E-state index < -0.39 is 0 Å². The third-order valence-corrected chi connectivity index (χ3v) is 4.15. The van der Waals surface area contributed by atoms with Crippen LogP contribution in [-0.4, -0.2) is 56.1 Å². The van der Waals surface area contributed by atoms with Crippen LogP contribution in [0.3, 0.4) is 0 Å². The molecular weight excluding hydrogens is 304 g/mol. The number of benzene rings is 1. The predicted molar refractivity (Wildman–Crippen MR) is 104 cm³/mol. The molecule has 0 atom stereocenters. The van der Waals surface area contributed by atoms with Crippen LogP contribution >= 0.6 is 11.8 Å². The molecule has 0 saturated carbocycles. The summed E-state index contributed by atoms with van der Waals surface area (Å²) in [5, 5.41) is 6.73. The summed E-state index contributed by atoms with van der Waals surface area (Å²) < 4.78 is 0. The Hall–Kier alpha value is -1.20. The molecule has 23 heavy (non-hydrogen) atoms. The molecule has 0 fully saturated rings. The lowest BCUT2D eigenvalue weighted by molar-refractivity contribution is 0.331. The van der Waals surface area contributed by atoms with Gasteiger partial charge >= 0.3 is 0 Å². The van der Waals surface area contributed by atoms with Gasteiger partial charge in [-0.05, 0) is 44.4 Å². The van der Waals surface area contributed by atoms with E-state index in [0.717, 1.165) is 45.1 Å². The Morgan fingerprint density at radius 1 is 1.17 bits per heavy atom. The number of guanidine groups is 1. The summed E-state index contributed by atoms with van der Waals surface area (Å²) in [4.78, 5) is 6.96. The van der Waals surface area contributed by atoms with Gasteiger partial charge in [-0.3, -0.25) is 4.99 Å². The number of aliphatic imine (C=N–C) groups is 1. The van der Waals surface area contributed by atoms with E-state index >= 15 is 0 Å². The number of unbranched alkanes of at least 4 members (excludes halogenated alkanes) is 1. The molecular formula is C18H32N4S. The monoisotopic (exact) mass is 336 g/mol. The Kier molecular flexibility index (Phi) is 11.4. The minimum absolute atomic E-state index is 0.899. The SMILES string of the molecule is CCNC(=NCCCCSC)NCCN(C)Cc1ccccc1. The van der Waals surface area contributed by atoms with Crippen LogP contribution in [0.4, 0.5) is 0 Å². The number of rotatable bonds is 11. The topological polar surface area (TPSA) is 39.7 Å². The van der Waals surface area contributed by atoms with E-state index in [4.69, 9.17) is 0 Å². The van der Waals surface area contributed by atoms with Crippen LogP contribution in [0.2, 0.25) is 0 Å². The van der Waals surface area contributed by atoms with E-state index in [0.29, 0.717) is 0 Å². The first-order valence-electron chi connectivity index (χ1n) is 8.49. The molecule has 0 radical (unpaired) electrons. The number of nitrogens with one attached hydrogen (secondary N) is 2. The van der Waals surface area contributed by atoms with Crippen molar-refractivity contribution in [2.24, 2.45) is 4.99 Å². The Morgan fingerprint density at radius 3 is 2.65 bits per heavy atom. The molecule has 0 unspecified atom stereocenters. The van der Waals surface area contributed by atoms with Crippen LogP contribution in [-0.2, 0) is 6.54 Å². The normalized spacial score (nSPS) is 11.7. The van der Waals surface area contributed by atoms with Gasteiger partial charge in [0.05, 0.1) is 0 Å². The zero-order chi connectivity index (χ0) is 16.8. The van der Waals surface area contributed by atoms with Gasteiger partial charge in [0.1, 0.15) is 0 Å². The van der Waals surface area contributed by atoms with Crippen LogP contribution < -0.4 is 10.6 Å². The highest BCUT2D eigenvalue weighted by molar-refractivity contribution is 7.98. The average molecular weight is 337 g/mol. The van der Waals surface area contributed by atoms with Gasteiger partial charge in [0.25, 0.3) is 0 Å². The Labute approximate surface area is 146 Å². The highest BCUT2D eigenvalue weighted by atomic mass is 32.2. The molecule has 5 heteroatoms. The zero-order valence-corrected chi connectivity index (χ0v) is 15.7. The molecule has 0 aliphatic carbocycles. The van der Waals surface area contributed by atoms with Gasteiger partial charge in [0.15, 0.2) is 5.96 Å². The second-order valence-electron chi connectivity index (χ2n) is 5.61. The van der Waals surface area contributed by atoms with Gasteiger partial charge in [0, 0.05) is 32.7 Å². The molecule has 4 nitrogen and oxygen atoms in total. The number of likely N-dealkylation sites (N-methyl/N-ethyl adjacent to an activating group) is 1. The summed E-state index contributed by atoms with van der Waals surface area (Å²) in [6.07, 6.45) is 4.55. The van der Waals surface area contributed by atoms with Crippen molar-refractivity contribution in [2.45, 2.75) is 26.3 Å². The molecule has 0 bridgehead atoms. The van der Waals surface area contributed by atoms with Crippen molar-refractivity contribution >= 4 is 17.7 Å². The Morgan fingerprint density at radius 2 is 1.96 bits per heavy atom. The average Bonchev–Trinajstić information content (AvgIpc) is 2.55. The molecule has 130 valence electrons. The van der Waals surface area contributed by atoms with E-state index in [-0.39, 0.29) is 0 Å². The van der Waals surface area contributed by atoms with E-state index in [9.17, 15) is 0 Å². The van der Waals surface area contributed by atoms with Crippen molar-refractivity contribution in [1.82, 2.24) is 15.5 Å². The van der Waals surface area contributed by atoms with E-state index in [2.05, 4.69) is 71.1 Å². The maximum absolute atomic E-state index is 4.63. The largest absolute Gasteiger partial charge is 0.357 e. The van der Waals surface area contributed by atoms with E-state index in [1.54, 1.807) is 0 Å². The minimum atomic E-state index is 0.899. The van der Waals surface area contributed by atoms with Crippen LogP contribution in [0.5, 0.6) is 0 Å². The smallest absolute Gasteiger partial charge is 0.191 e. The zero-order valence-electron chi connectivity index (χ0n) is 14.8. The summed E-state index contributed by atoms with van der Waals surface area (Å²) in [5.41, 5.74) is 1.35. The van der Waals surface area contributed by atoms with Crippen molar-refractivity contribution in [1.29, 1.82) is 0 Å². The molecule has 0 aliphatic rings. The van der Waals surface area contributed by atoms with E-state index in [1.807, 2.05) is 11.8 Å². The first kappa shape index (κ1) is 19.8. The predicted octanol–water partition coefficient (Wildman–Crippen LogP) is 2.82. The standard InChI is InChI=1S/C18H32N4S/c1-4-19-18(20-12-8-9-15-23-3)21-13-14-22(2)16-17-10-6-5-7-11-17/h5-7,10-11H,4,8-9,12-16H2,1-3H3,(H2,19,20,21). The fraction of sp³-hybridized carbons (Fsp3) is 0.611. The summed E-state index contributed by atoms with van der Waals surface area (Å²) in [7, 11) is 2.15. The Balaban J connectivity index is 2.24. The lowest BCUT2D eigenvalue weighted by Gasteiger charge is -2.18. The third-order valence-electron chi connectivity index (χ3n) is 3.45. The van der Waals surface area contributed by atoms with Crippen LogP contribution in [0.15, 0.2) is 35.3 Å². The van der Waals surface area contributed by atoms with Crippen molar-refractivity contribution in [3.63, 3.8) is 0 Å². The maximum atomic E-state index is 4.63. The summed E-state index contributed by atoms with van der Waals surface area (Å²) >= 11 is 1.90. The van der Waals surface area contributed by atoms with Gasteiger partial charge in [-0.15, -0.1) is 0 Å². The van der Waals surface area contributed by atoms with E-state index in [1.165, 1.54) is 17.7 Å². The third kappa shape index (κ3) is 10.2. The van der Waals surface area contributed by atoms with Gasteiger partial charge in [-0.1, -0.05) is 30.3 Å². The molecule has 0 spiro atoms. The summed E-state index contributed by atoms with van der Waals surface area (Å²) in [6.45, 7) is 6.77. The van der Waals surface area contributed by atoms with Crippen molar-refractivity contribution < 1.29 is 0 Å². The lowest BCUT2D eigenvalue weighted by Crippen LogP contribution is -2.41. The molecule has 0 aliphatic heterocycles. The second kappa shape index (κ2) is 13.3. The number of hydrogen-bond donors (Lipinski definition) is 2. The first-order chi connectivity index (χ1) is 11.3. The number of thioether (sulfide) groups is 1. The fourth-order valence-corrected chi connectivity index (χ4v) is 2.72. The molecule has 1 rings (SSSR count). The van der Waals surface area contributed by atoms with Crippen molar-refractivity contribution in [3.8, 4) is 0 Å². The summed E-state index contributed by atoms with van der Waals surface area (Å²) in [6, 6.07) is 10.6. The number of nitrogens with zero attached hydrogens (tertiary/aromatic N) is 2. The highest BCUT2D eigenvalue weighted by Crippen LogP contribution is 2.01. The molecule has 2 N–H and O–H groups in total. The molecule has 1 aromatic carbocycles. The van der Waals surface area contributed by atoms with Gasteiger partial charge in [-0.2, -0.15) is 11.8 Å². The summed E-state index contributed by atoms with van der Waals surface area (Å²) in [5.74, 6) is 2.16. The van der Waals surface area contributed by atoms with Crippen molar-refractivity contribution in [3.05, 3.63) is 35.9 Å². The Bertz CT molecular complexity index is 422. The molecule has 0 heterocycles. The quantitative estimate of drug-likeness (QED) is 0.370.